The van der Waals surface area contributed by atoms with Crippen molar-refractivity contribution in [1.82, 2.24) is 20.4 Å². The van der Waals surface area contributed by atoms with Gasteiger partial charge < -0.3 is 15.5 Å². The van der Waals surface area contributed by atoms with Gasteiger partial charge in [-0.3, -0.25) is 14.5 Å². The highest BCUT2D eigenvalue weighted by atomic mass is 16.2. The largest absolute Gasteiger partial charge is 0.356 e. The maximum Gasteiger partial charge on any atom is 0.325 e. The second kappa shape index (κ2) is 9.53. The molecule has 7 nitrogen and oxygen atoms in total. The first-order valence-corrected chi connectivity index (χ1v) is 10.7. The molecule has 3 aliphatic rings. The number of amides is 4. The summed E-state index contributed by atoms with van der Waals surface area (Å²) in [6.45, 7) is 4.43. The van der Waals surface area contributed by atoms with Gasteiger partial charge in [0.25, 0.3) is 5.91 Å². The van der Waals surface area contributed by atoms with Crippen LogP contribution in [0.3, 0.4) is 0 Å². The van der Waals surface area contributed by atoms with Crippen LogP contribution in [0.2, 0.25) is 0 Å². The topological polar surface area (TPSA) is 81.8 Å². The molecule has 1 spiro atoms. The minimum absolute atomic E-state index is 0.00787. The first-order valence-electron chi connectivity index (χ1n) is 10.7. The van der Waals surface area contributed by atoms with Crippen molar-refractivity contribution in [3.05, 3.63) is 0 Å². The van der Waals surface area contributed by atoms with Gasteiger partial charge in [-0.1, -0.05) is 25.7 Å². The van der Waals surface area contributed by atoms with Gasteiger partial charge in [-0.05, 0) is 58.2 Å². The average Bonchev–Trinajstić information content (AvgIpc) is 3.09. The number of rotatable bonds is 8. The summed E-state index contributed by atoms with van der Waals surface area (Å²) in [5.41, 5.74) is -0.646. The monoisotopic (exact) mass is 378 g/mol. The molecule has 0 aromatic heterocycles. The lowest BCUT2D eigenvalue weighted by Crippen LogP contribution is -2.44. The van der Waals surface area contributed by atoms with Gasteiger partial charge in [0, 0.05) is 19.5 Å². The molecule has 2 heterocycles. The van der Waals surface area contributed by atoms with Crippen molar-refractivity contribution >= 4 is 17.8 Å². The van der Waals surface area contributed by atoms with Gasteiger partial charge >= 0.3 is 6.03 Å². The number of carbonyl (C=O) groups is 3. The molecule has 3 fully saturated rings. The number of nitrogens with zero attached hydrogens (tertiary/aromatic N) is 2. The molecular weight excluding hydrogens is 344 g/mol. The SMILES string of the molecule is O=C(CCCN1C(=O)NC2(CCCC2)C1=O)NCCCN1CCCCCC1. The molecule has 0 radical (unpaired) electrons. The van der Waals surface area contributed by atoms with Crippen LogP contribution in [0.5, 0.6) is 0 Å². The summed E-state index contributed by atoms with van der Waals surface area (Å²) < 4.78 is 0. The Labute approximate surface area is 162 Å². The Kier molecular flexibility index (Phi) is 7.10. The van der Waals surface area contributed by atoms with Crippen LogP contribution < -0.4 is 10.6 Å². The summed E-state index contributed by atoms with van der Waals surface area (Å²) in [6, 6.07) is -0.292. The third-order valence-corrected chi connectivity index (χ3v) is 6.16. The van der Waals surface area contributed by atoms with Crippen molar-refractivity contribution in [3.63, 3.8) is 0 Å². The van der Waals surface area contributed by atoms with Gasteiger partial charge in [0.1, 0.15) is 5.54 Å². The normalized spacial score (nSPS) is 22.9. The first-order chi connectivity index (χ1) is 13.1. The second-order valence-electron chi connectivity index (χ2n) is 8.24. The lowest BCUT2D eigenvalue weighted by atomic mass is 9.98. The van der Waals surface area contributed by atoms with Crippen LogP contribution in [-0.4, -0.2) is 65.9 Å². The maximum absolute atomic E-state index is 12.5. The summed E-state index contributed by atoms with van der Waals surface area (Å²) in [5.74, 6) is -0.0867. The van der Waals surface area contributed by atoms with Crippen molar-refractivity contribution < 1.29 is 14.4 Å². The molecule has 0 aromatic rings. The van der Waals surface area contributed by atoms with Gasteiger partial charge in [0.15, 0.2) is 0 Å². The van der Waals surface area contributed by atoms with Gasteiger partial charge in [-0.25, -0.2) is 4.79 Å². The zero-order valence-electron chi connectivity index (χ0n) is 16.4. The van der Waals surface area contributed by atoms with E-state index in [1.165, 1.54) is 43.7 Å². The van der Waals surface area contributed by atoms with Crippen molar-refractivity contribution in [3.8, 4) is 0 Å². The van der Waals surface area contributed by atoms with Crippen LogP contribution >= 0.6 is 0 Å². The summed E-state index contributed by atoms with van der Waals surface area (Å²) in [7, 11) is 0. The van der Waals surface area contributed by atoms with E-state index in [2.05, 4.69) is 15.5 Å². The Morgan fingerprint density at radius 2 is 1.67 bits per heavy atom. The fourth-order valence-electron chi connectivity index (χ4n) is 4.57. The summed E-state index contributed by atoms with van der Waals surface area (Å²) in [6.07, 6.45) is 10.6. The summed E-state index contributed by atoms with van der Waals surface area (Å²) >= 11 is 0. The van der Waals surface area contributed by atoms with E-state index in [0.29, 0.717) is 25.9 Å². The van der Waals surface area contributed by atoms with E-state index < -0.39 is 5.54 Å². The number of hydrogen-bond acceptors (Lipinski definition) is 4. The number of imide groups is 1. The minimum atomic E-state index is -0.646. The third kappa shape index (κ3) is 5.21. The highest BCUT2D eigenvalue weighted by molar-refractivity contribution is 6.07. The highest BCUT2D eigenvalue weighted by Gasteiger charge is 2.51. The minimum Gasteiger partial charge on any atom is -0.356 e. The van der Waals surface area contributed by atoms with Gasteiger partial charge in [0.2, 0.25) is 5.91 Å². The Morgan fingerprint density at radius 1 is 0.963 bits per heavy atom. The number of urea groups is 1. The average molecular weight is 379 g/mol. The van der Waals surface area contributed by atoms with E-state index in [4.69, 9.17) is 0 Å². The Hall–Kier alpha value is -1.63. The first kappa shape index (κ1) is 20.1. The lowest BCUT2D eigenvalue weighted by Gasteiger charge is -2.20. The Balaban J connectivity index is 1.28. The Bertz CT molecular complexity index is 537. The molecule has 27 heavy (non-hydrogen) atoms. The van der Waals surface area contributed by atoms with E-state index >= 15 is 0 Å². The van der Waals surface area contributed by atoms with Gasteiger partial charge in [-0.2, -0.15) is 0 Å². The Morgan fingerprint density at radius 3 is 2.37 bits per heavy atom. The van der Waals surface area contributed by atoms with Crippen LogP contribution in [0.15, 0.2) is 0 Å². The van der Waals surface area contributed by atoms with Crippen LogP contribution in [0.25, 0.3) is 0 Å². The molecule has 0 unspecified atom stereocenters. The van der Waals surface area contributed by atoms with E-state index in [9.17, 15) is 14.4 Å². The molecule has 1 saturated carbocycles. The van der Waals surface area contributed by atoms with Crippen LogP contribution in [0, 0.1) is 0 Å². The predicted molar refractivity (Wildman–Crippen MR) is 103 cm³/mol. The van der Waals surface area contributed by atoms with Gasteiger partial charge in [-0.15, -0.1) is 0 Å². The number of hydrogen-bond donors (Lipinski definition) is 2. The molecule has 1 aliphatic carbocycles. The van der Waals surface area contributed by atoms with E-state index in [0.717, 1.165) is 38.6 Å². The molecule has 7 heteroatoms. The summed E-state index contributed by atoms with van der Waals surface area (Å²) in [5, 5.41) is 5.84. The maximum atomic E-state index is 12.5. The van der Waals surface area contributed by atoms with Crippen molar-refractivity contribution in [2.75, 3.05) is 32.7 Å². The number of carbonyl (C=O) groups excluding carboxylic acids is 3. The van der Waals surface area contributed by atoms with E-state index in [-0.39, 0.29) is 17.8 Å². The summed E-state index contributed by atoms with van der Waals surface area (Å²) in [4.78, 5) is 40.4. The molecule has 2 aliphatic heterocycles. The zero-order valence-corrected chi connectivity index (χ0v) is 16.4. The second-order valence-corrected chi connectivity index (χ2v) is 8.24. The molecule has 0 aromatic carbocycles. The van der Waals surface area contributed by atoms with E-state index in [1.807, 2.05) is 0 Å². The number of nitrogens with one attached hydrogen (secondary N) is 2. The highest BCUT2D eigenvalue weighted by Crippen LogP contribution is 2.35. The predicted octanol–water partition coefficient (Wildman–Crippen LogP) is 2.01. The smallest absolute Gasteiger partial charge is 0.325 e. The molecule has 2 N–H and O–H groups in total. The van der Waals surface area contributed by atoms with Crippen molar-refractivity contribution in [2.45, 2.75) is 76.2 Å². The molecule has 0 atom stereocenters. The molecule has 0 bridgehead atoms. The fourth-order valence-corrected chi connectivity index (χ4v) is 4.57. The third-order valence-electron chi connectivity index (χ3n) is 6.16. The van der Waals surface area contributed by atoms with Crippen molar-refractivity contribution in [1.29, 1.82) is 0 Å². The quantitative estimate of drug-likeness (QED) is 0.500. The molecule has 152 valence electrons. The lowest BCUT2D eigenvalue weighted by molar-refractivity contribution is -0.131. The van der Waals surface area contributed by atoms with Crippen LogP contribution in [0.1, 0.15) is 70.6 Å². The molecule has 4 amide bonds. The zero-order chi connectivity index (χ0) is 19.1. The van der Waals surface area contributed by atoms with Crippen molar-refractivity contribution in [2.24, 2.45) is 0 Å². The number of likely N-dealkylation sites (tertiary alicyclic amines) is 1. The standard InChI is InChI=1S/C20H34N4O3/c25-17(21-12-8-15-23-13-5-1-2-6-14-23)9-7-16-24-18(26)20(22-19(24)27)10-3-4-11-20/h1-16H2,(H,21,25)(H,22,27). The molecule has 2 saturated heterocycles. The van der Waals surface area contributed by atoms with Crippen LogP contribution in [0.4, 0.5) is 4.79 Å². The molecular formula is C20H34N4O3. The fraction of sp³-hybridized carbons (Fsp3) is 0.850. The van der Waals surface area contributed by atoms with Crippen LogP contribution in [-0.2, 0) is 9.59 Å². The van der Waals surface area contributed by atoms with Gasteiger partial charge in [0.05, 0.1) is 0 Å². The molecule has 3 rings (SSSR count). The van der Waals surface area contributed by atoms with E-state index in [1.54, 1.807) is 0 Å².